The lowest BCUT2D eigenvalue weighted by Gasteiger charge is -2.08. The minimum absolute atomic E-state index is 0.348. The molecular formula is C10H14BrN5. The molecule has 16 heavy (non-hydrogen) atoms. The summed E-state index contributed by atoms with van der Waals surface area (Å²) in [6.07, 6.45) is 0. The number of anilines is 1. The molecule has 3 N–H and O–H groups in total. The number of nitrogens with two attached hydrogens (primary N) is 1. The SMILES string of the molecule is CC(C)Nc1ccc2nc(CN)c(Br)n2n1. The fraction of sp³-hybridized carbons (Fsp3) is 0.400. The molecule has 86 valence electrons. The molecule has 0 saturated heterocycles. The van der Waals surface area contributed by atoms with Crippen LogP contribution in [0.1, 0.15) is 19.5 Å². The number of aromatic nitrogens is 3. The third kappa shape index (κ3) is 2.03. The normalized spacial score (nSPS) is 11.3. The quantitative estimate of drug-likeness (QED) is 0.901. The number of hydrogen-bond donors (Lipinski definition) is 2. The van der Waals surface area contributed by atoms with E-state index in [1.807, 2.05) is 12.1 Å². The van der Waals surface area contributed by atoms with Crippen molar-refractivity contribution in [3.63, 3.8) is 0 Å². The monoisotopic (exact) mass is 283 g/mol. The zero-order valence-electron chi connectivity index (χ0n) is 9.24. The van der Waals surface area contributed by atoms with Gasteiger partial charge in [0.2, 0.25) is 0 Å². The summed E-state index contributed by atoms with van der Waals surface area (Å²) in [6.45, 7) is 4.54. The fourth-order valence-corrected chi connectivity index (χ4v) is 1.97. The van der Waals surface area contributed by atoms with Crippen molar-refractivity contribution < 1.29 is 0 Å². The number of imidazole rings is 1. The van der Waals surface area contributed by atoms with Gasteiger partial charge in [0, 0.05) is 12.6 Å². The summed E-state index contributed by atoms with van der Waals surface area (Å²) in [5.41, 5.74) is 7.19. The number of halogens is 1. The molecule has 0 aliphatic heterocycles. The molecule has 0 unspecified atom stereocenters. The first kappa shape index (κ1) is 11.3. The van der Waals surface area contributed by atoms with Crippen LogP contribution in [-0.4, -0.2) is 20.6 Å². The summed E-state index contributed by atoms with van der Waals surface area (Å²) in [5, 5.41) is 7.66. The van der Waals surface area contributed by atoms with E-state index in [0.717, 1.165) is 21.8 Å². The van der Waals surface area contributed by atoms with E-state index >= 15 is 0 Å². The molecule has 0 radical (unpaired) electrons. The first-order chi connectivity index (χ1) is 7.61. The number of nitrogens with one attached hydrogen (secondary N) is 1. The third-order valence-electron chi connectivity index (χ3n) is 2.12. The summed E-state index contributed by atoms with van der Waals surface area (Å²) in [7, 11) is 0. The van der Waals surface area contributed by atoms with E-state index in [-0.39, 0.29) is 0 Å². The second-order valence-electron chi connectivity index (χ2n) is 3.84. The second kappa shape index (κ2) is 4.39. The van der Waals surface area contributed by atoms with Crippen LogP contribution in [0.15, 0.2) is 16.7 Å². The third-order valence-corrected chi connectivity index (χ3v) is 2.91. The Kier molecular flexibility index (Phi) is 3.11. The molecule has 0 bridgehead atoms. The second-order valence-corrected chi connectivity index (χ2v) is 4.59. The molecule has 2 rings (SSSR count). The minimum atomic E-state index is 0.348. The van der Waals surface area contributed by atoms with Gasteiger partial charge in [0.1, 0.15) is 10.4 Å². The van der Waals surface area contributed by atoms with E-state index in [0.29, 0.717) is 12.6 Å². The number of rotatable bonds is 3. The first-order valence-electron chi connectivity index (χ1n) is 5.12. The van der Waals surface area contributed by atoms with Gasteiger partial charge < -0.3 is 11.1 Å². The van der Waals surface area contributed by atoms with E-state index in [2.05, 4.69) is 45.2 Å². The van der Waals surface area contributed by atoms with E-state index in [9.17, 15) is 0 Å². The zero-order chi connectivity index (χ0) is 11.7. The molecule has 0 fully saturated rings. The lowest BCUT2D eigenvalue weighted by Crippen LogP contribution is -2.12. The van der Waals surface area contributed by atoms with Gasteiger partial charge in [-0.1, -0.05) is 0 Å². The van der Waals surface area contributed by atoms with Crippen molar-refractivity contribution in [2.45, 2.75) is 26.4 Å². The topological polar surface area (TPSA) is 68.2 Å². The van der Waals surface area contributed by atoms with Gasteiger partial charge in [0.25, 0.3) is 0 Å². The molecule has 0 aliphatic rings. The molecule has 0 spiro atoms. The minimum Gasteiger partial charge on any atom is -0.366 e. The molecule has 2 aromatic heterocycles. The van der Waals surface area contributed by atoms with Gasteiger partial charge in [-0.05, 0) is 41.9 Å². The molecule has 0 aliphatic carbocycles. The molecule has 0 saturated carbocycles. The highest BCUT2D eigenvalue weighted by molar-refractivity contribution is 9.10. The van der Waals surface area contributed by atoms with Crippen LogP contribution in [0, 0.1) is 0 Å². The van der Waals surface area contributed by atoms with E-state index in [4.69, 9.17) is 5.73 Å². The number of nitrogens with zero attached hydrogens (tertiary/aromatic N) is 3. The van der Waals surface area contributed by atoms with Crippen LogP contribution in [0.2, 0.25) is 0 Å². The molecule has 5 nitrogen and oxygen atoms in total. The van der Waals surface area contributed by atoms with E-state index < -0.39 is 0 Å². The molecular weight excluding hydrogens is 270 g/mol. The van der Waals surface area contributed by atoms with Crippen molar-refractivity contribution in [1.82, 2.24) is 14.6 Å². The van der Waals surface area contributed by atoms with E-state index in [1.54, 1.807) is 4.52 Å². The van der Waals surface area contributed by atoms with Crippen LogP contribution in [-0.2, 0) is 6.54 Å². The molecule has 0 aromatic carbocycles. The fourth-order valence-electron chi connectivity index (χ4n) is 1.45. The van der Waals surface area contributed by atoms with Crippen LogP contribution >= 0.6 is 15.9 Å². The van der Waals surface area contributed by atoms with Gasteiger partial charge >= 0.3 is 0 Å². The molecule has 2 heterocycles. The summed E-state index contributed by atoms with van der Waals surface area (Å²) >= 11 is 3.44. The molecule has 6 heteroatoms. The van der Waals surface area contributed by atoms with Crippen molar-refractivity contribution in [3.05, 3.63) is 22.4 Å². The maximum Gasteiger partial charge on any atom is 0.155 e. The Balaban J connectivity index is 2.48. The van der Waals surface area contributed by atoms with Crippen molar-refractivity contribution in [2.75, 3.05) is 5.32 Å². The number of fused-ring (bicyclic) bond motifs is 1. The van der Waals surface area contributed by atoms with Crippen molar-refractivity contribution in [3.8, 4) is 0 Å². The average molecular weight is 284 g/mol. The maximum atomic E-state index is 5.58. The van der Waals surface area contributed by atoms with Crippen LogP contribution in [0.3, 0.4) is 0 Å². The maximum absolute atomic E-state index is 5.58. The van der Waals surface area contributed by atoms with Gasteiger partial charge in [0.05, 0.1) is 5.69 Å². The predicted octanol–water partition coefficient (Wildman–Crippen LogP) is 1.77. The molecule has 0 atom stereocenters. The Bertz CT molecular complexity index is 505. The van der Waals surface area contributed by atoms with Crippen molar-refractivity contribution >= 4 is 27.4 Å². The summed E-state index contributed by atoms with van der Waals surface area (Å²) < 4.78 is 2.56. The molecule has 0 amide bonds. The highest BCUT2D eigenvalue weighted by atomic mass is 79.9. The van der Waals surface area contributed by atoms with Crippen molar-refractivity contribution in [2.24, 2.45) is 5.73 Å². The Morgan fingerprint density at radius 1 is 1.50 bits per heavy atom. The standard InChI is InChI=1S/C10H14BrN5/c1-6(2)13-8-3-4-9-14-7(5-12)10(11)16(9)15-8/h3-4,6H,5,12H2,1-2H3,(H,13,15). The first-order valence-corrected chi connectivity index (χ1v) is 5.92. The highest BCUT2D eigenvalue weighted by Crippen LogP contribution is 2.18. The van der Waals surface area contributed by atoms with Gasteiger partial charge in [-0.3, -0.25) is 0 Å². The lowest BCUT2D eigenvalue weighted by molar-refractivity contribution is 0.848. The Morgan fingerprint density at radius 3 is 2.88 bits per heavy atom. The Labute approximate surface area is 102 Å². The number of hydrogen-bond acceptors (Lipinski definition) is 4. The lowest BCUT2D eigenvalue weighted by atomic mass is 10.4. The van der Waals surface area contributed by atoms with Gasteiger partial charge in [-0.15, -0.1) is 5.10 Å². The van der Waals surface area contributed by atoms with Crippen LogP contribution < -0.4 is 11.1 Å². The predicted molar refractivity (Wildman–Crippen MR) is 67.3 cm³/mol. The van der Waals surface area contributed by atoms with Crippen molar-refractivity contribution in [1.29, 1.82) is 0 Å². The zero-order valence-corrected chi connectivity index (χ0v) is 10.8. The summed E-state index contributed by atoms with van der Waals surface area (Å²) in [6, 6.07) is 4.18. The van der Waals surface area contributed by atoms with Gasteiger partial charge in [0.15, 0.2) is 5.65 Å². The average Bonchev–Trinajstić information content (AvgIpc) is 2.55. The summed E-state index contributed by atoms with van der Waals surface area (Å²) in [5.74, 6) is 0.823. The highest BCUT2D eigenvalue weighted by Gasteiger charge is 2.09. The van der Waals surface area contributed by atoms with E-state index in [1.165, 1.54) is 0 Å². The van der Waals surface area contributed by atoms with Gasteiger partial charge in [-0.2, -0.15) is 0 Å². The summed E-state index contributed by atoms with van der Waals surface area (Å²) in [4.78, 5) is 4.35. The molecule has 2 aromatic rings. The van der Waals surface area contributed by atoms with Crippen LogP contribution in [0.4, 0.5) is 5.82 Å². The largest absolute Gasteiger partial charge is 0.366 e. The van der Waals surface area contributed by atoms with Gasteiger partial charge in [-0.25, -0.2) is 9.50 Å². The van der Waals surface area contributed by atoms with Crippen LogP contribution in [0.5, 0.6) is 0 Å². The smallest absolute Gasteiger partial charge is 0.155 e. The van der Waals surface area contributed by atoms with Crippen LogP contribution in [0.25, 0.3) is 5.65 Å². The Hall–Kier alpha value is -1.14. The Morgan fingerprint density at radius 2 is 2.25 bits per heavy atom.